The number of benzene rings is 14. The van der Waals surface area contributed by atoms with E-state index in [-0.39, 0.29) is 17.5 Å². The third-order valence-corrected chi connectivity index (χ3v) is 19.1. The van der Waals surface area contributed by atoms with Crippen LogP contribution in [-0.4, -0.2) is 6.71 Å². The molecule has 434 valence electrons. The van der Waals surface area contributed by atoms with Gasteiger partial charge in [-0.05, 0) is 164 Å². The lowest BCUT2D eigenvalue weighted by Crippen LogP contribution is -2.61. The van der Waals surface area contributed by atoms with Crippen LogP contribution in [0.25, 0.3) is 99.4 Å². The van der Waals surface area contributed by atoms with Gasteiger partial charge < -0.3 is 9.80 Å². The highest BCUT2D eigenvalue weighted by Gasteiger charge is 2.45. The summed E-state index contributed by atoms with van der Waals surface area (Å²) in [6, 6.07) is 116. The number of fused-ring (bicyclic) bond motifs is 6. The van der Waals surface area contributed by atoms with Crippen molar-refractivity contribution in [3.8, 4) is 77.9 Å². The summed E-state index contributed by atoms with van der Waals surface area (Å²) in [4.78, 5) is 5.34. The SMILES string of the molecule is CC(C)(C)c1cc(-c2ccccc2)c(N2c3ccc(-c4ccccc4)cc3B3c4ccc(-c5c6ccccc6c(-c6ccccc6)c6ccccc56)cc4N(c4c(-c5ccccc5)cc(C(C)(C)C)cc4-c4ccccc4)c4cccc2c43)c(-c2ccccc2)c1. The van der Waals surface area contributed by atoms with Crippen molar-refractivity contribution in [2.45, 2.75) is 52.4 Å². The van der Waals surface area contributed by atoms with Crippen molar-refractivity contribution in [1.82, 2.24) is 0 Å². The van der Waals surface area contributed by atoms with Crippen LogP contribution in [0.4, 0.5) is 34.1 Å². The molecule has 0 aliphatic carbocycles. The number of nitrogens with zero attached hydrogens (tertiary/aromatic N) is 2. The van der Waals surface area contributed by atoms with Crippen molar-refractivity contribution >= 4 is 78.8 Å². The predicted molar refractivity (Wildman–Crippen MR) is 391 cm³/mol. The Morgan fingerprint density at radius 2 is 0.582 bits per heavy atom. The van der Waals surface area contributed by atoms with Gasteiger partial charge in [-0.1, -0.05) is 302 Å². The molecule has 0 fully saturated rings. The van der Waals surface area contributed by atoms with E-state index in [0.29, 0.717) is 0 Å². The highest BCUT2D eigenvalue weighted by molar-refractivity contribution is 7.00. The van der Waals surface area contributed by atoms with Crippen LogP contribution in [0.2, 0.25) is 0 Å². The molecular weight excluding hydrogens is 1100 g/mol. The third kappa shape index (κ3) is 9.49. The number of rotatable bonds is 9. The zero-order valence-corrected chi connectivity index (χ0v) is 52.4. The molecule has 0 unspecified atom stereocenters. The van der Waals surface area contributed by atoms with Gasteiger partial charge in [0.1, 0.15) is 0 Å². The van der Waals surface area contributed by atoms with Crippen LogP contribution in [0.1, 0.15) is 52.7 Å². The average molecular weight is 1170 g/mol. The maximum absolute atomic E-state index is 2.69. The number of hydrogen-bond acceptors (Lipinski definition) is 2. The van der Waals surface area contributed by atoms with E-state index in [9.17, 15) is 0 Å². The predicted octanol–water partition coefficient (Wildman–Crippen LogP) is 22.3. The lowest BCUT2D eigenvalue weighted by Gasteiger charge is -2.46. The van der Waals surface area contributed by atoms with E-state index < -0.39 is 0 Å². The Labute approximate surface area is 536 Å². The van der Waals surface area contributed by atoms with E-state index in [1.165, 1.54) is 116 Å². The fourth-order valence-corrected chi connectivity index (χ4v) is 14.7. The Balaban J connectivity index is 1.07. The summed E-state index contributed by atoms with van der Waals surface area (Å²) in [5, 5.41) is 4.91. The molecule has 0 saturated heterocycles. The van der Waals surface area contributed by atoms with Gasteiger partial charge in [-0.2, -0.15) is 0 Å². The zero-order valence-electron chi connectivity index (χ0n) is 52.4. The zero-order chi connectivity index (χ0) is 61.5. The third-order valence-electron chi connectivity index (χ3n) is 19.1. The maximum Gasteiger partial charge on any atom is 0.252 e. The van der Waals surface area contributed by atoms with Gasteiger partial charge in [0.2, 0.25) is 0 Å². The van der Waals surface area contributed by atoms with Crippen LogP contribution in [0.3, 0.4) is 0 Å². The molecule has 91 heavy (non-hydrogen) atoms. The molecule has 3 heteroatoms. The topological polar surface area (TPSA) is 6.48 Å². The molecule has 0 saturated carbocycles. The van der Waals surface area contributed by atoms with Crippen LogP contribution in [-0.2, 0) is 10.8 Å². The number of hydrogen-bond donors (Lipinski definition) is 0. The molecular formula is C88H69BN2. The molecule has 0 aromatic heterocycles. The first-order valence-electron chi connectivity index (χ1n) is 32.1. The van der Waals surface area contributed by atoms with E-state index in [1.54, 1.807) is 0 Å². The summed E-state index contributed by atoms with van der Waals surface area (Å²) in [6.45, 7) is 13.9. The Kier molecular flexibility index (Phi) is 13.5. The van der Waals surface area contributed by atoms with Crippen molar-refractivity contribution in [2.75, 3.05) is 9.80 Å². The second kappa shape index (κ2) is 22.1. The molecule has 2 aliphatic heterocycles. The molecule has 0 atom stereocenters. The second-order valence-corrected chi connectivity index (χ2v) is 26.7. The lowest BCUT2D eigenvalue weighted by molar-refractivity contribution is 0.590. The fraction of sp³-hybridized carbons (Fsp3) is 0.0909. The molecule has 0 amide bonds. The van der Waals surface area contributed by atoms with Gasteiger partial charge in [-0.25, -0.2) is 0 Å². The van der Waals surface area contributed by atoms with Gasteiger partial charge in [-0.3, -0.25) is 0 Å². The van der Waals surface area contributed by atoms with Crippen molar-refractivity contribution in [3.63, 3.8) is 0 Å². The lowest BCUT2D eigenvalue weighted by atomic mass is 9.33. The number of anilines is 6. The summed E-state index contributed by atoms with van der Waals surface area (Å²) in [6.07, 6.45) is 0. The standard InChI is InChI=1S/C88H69BN2/c1-87(2,3)66-54-72(59-32-15-8-16-33-59)85(73(55-66)60-34-17-9-18-35-60)90-78-51-49-64(58-30-13-7-14-31-58)52-77(78)89-76-50-48-65(83-70-44-27-25-42-68(70)82(63-40-23-12-24-41-63)69-43-26-28-45-71(69)83)53-81(76)91(80-47-29-46-79(90)84(80)89)86-74(61-36-19-10-20-37-61)56-67(88(4,5)6)57-75(86)62-38-21-11-22-39-62/h7-57H,1-6H3. The van der Waals surface area contributed by atoms with Crippen LogP contribution in [0.15, 0.2) is 309 Å². The van der Waals surface area contributed by atoms with Gasteiger partial charge in [0.15, 0.2) is 0 Å². The Morgan fingerprint density at radius 3 is 0.978 bits per heavy atom. The van der Waals surface area contributed by atoms with E-state index >= 15 is 0 Å². The molecule has 2 aliphatic rings. The highest BCUT2D eigenvalue weighted by atomic mass is 15.2. The minimum atomic E-state index is -0.182. The summed E-state index contributed by atoms with van der Waals surface area (Å²) >= 11 is 0. The molecule has 2 nitrogen and oxygen atoms in total. The summed E-state index contributed by atoms with van der Waals surface area (Å²) in [7, 11) is 0. The van der Waals surface area contributed by atoms with E-state index in [2.05, 4.69) is 361 Å². The Bertz CT molecular complexity index is 4930. The van der Waals surface area contributed by atoms with Crippen LogP contribution < -0.4 is 26.2 Å². The van der Waals surface area contributed by atoms with Gasteiger partial charge in [0.25, 0.3) is 6.71 Å². The summed E-state index contributed by atoms with van der Waals surface area (Å²) < 4.78 is 0. The van der Waals surface area contributed by atoms with Crippen molar-refractivity contribution < 1.29 is 0 Å². The highest BCUT2D eigenvalue weighted by Crippen LogP contribution is 2.55. The summed E-state index contributed by atoms with van der Waals surface area (Å²) in [5.41, 5.74) is 29.6. The van der Waals surface area contributed by atoms with E-state index in [4.69, 9.17) is 0 Å². The molecule has 2 heterocycles. The monoisotopic (exact) mass is 1160 g/mol. The fourth-order valence-electron chi connectivity index (χ4n) is 14.7. The Morgan fingerprint density at radius 1 is 0.242 bits per heavy atom. The maximum atomic E-state index is 2.69. The minimum Gasteiger partial charge on any atom is -0.310 e. The largest absolute Gasteiger partial charge is 0.310 e. The summed E-state index contributed by atoms with van der Waals surface area (Å²) in [5.74, 6) is 0. The quantitative estimate of drug-likeness (QED) is 0.105. The van der Waals surface area contributed by atoms with Crippen molar-refractivity contribution in [2.24, 2.45) is 0 Å². The molecule has 0 N–H and O–H groups in total. The molecule has 16 rings (SSSR count). The van der Waals surface area contributed by atoms with Crippen LogP contribution in [0.5, 0.6) is 0 Å². The second-order valence-electron chi connectivity index (χ2n) is 26.7. The van der Waals surface area contributed by atoms with Crippen LogP contribution >= 0.6 is 0 Å². The normalized spacial score (nSPS) is 12.7. The average Bonchev–Trinajstić information content (AvgIpc) is 0.696. The van der Waals surface area contributed by atoms with Crippen molar-refractivity contribution in [1.29, 1.82) is 0 Å². The molecule has 14 aromatic rings. The smallest absolute Gasteiger partial charge is 0.252 e. The first-order chi connectivity index (χ1) is 44.5. The van der Waals surface area contributed by atoms with Gasteiger partial charge in [0.05, 0.1) is 11.4 Å². The van der Waals surface area contributed by atoms with E-state index in [0.717, 1.165) is 45.3 Å². The molecule has 14 aromatic carbocycles. The molecule has 0 bridgehead atoms. The first kappa shape index (κ1) is 55.6. The van der Waals surface area contributed by atoms with Gasteiger partial charge in [0, 0.05) is 45.0 Å². The van der Waals surface area contributed by atoms with Crippen LogP contribution in [0, 0.1) is 0 Å². The van der Waals surface area contributed by atoms with Gasteiger partial charge in [-0.15, -0.1) is 0 Å². The minimum absolute atomic E-state index is 0.145. The van der Waals surface area contributed by atoms with Gasteiger partial charge >= 0.3 is 0 Å². The van der Waals surface area contributed by atoms with E-state index in [1.807, 2.05) is 0 Å². The first-order valence-corrected chi connectivity index (χ1v) is 32.1. The Hall–Kier alpha value is -10.7. The molecule has 0 spiro atoms. The molecule has 0 radical (unpaired) electrons. The van der Waals surface area contributed by atoms with Crippen molar-refractivity contribution in [3.05, 3.63) is 321 Å².